The third-order valence-electron chi connectivity index (χ3n) is 2.99. The van der Waals surface area contributed by atoms with E-state index in [1.165, 1.54) is 12.1 Å². The molecule has 0 aliphatic heterocycles. The molecule has 20 heavy (non-hydrogen) atoms. The van der Waals surface area contributed by atoms with E-state index >= 15 is 0 Å². The number of halogens is 1. The van der Waals surface area contributed by atoms with E-state index in [1.807, 2.05) is 6.07 Å². The quantitative estimate of drug-likeness (QED) is 0.845. The maximum Gasteiger partial charge on any atom is 0.228 e. The van der Waals surface area contributed by atoms with Crippen LogP contribution in [0.1, 0.15) is 37.5 Å². The Kier molecular flexibility index (Phi) is 5.24. The van der Waals surface area contributed by atoms with E-state index in [4.69, 9.17) is 4.52 Å². The second-order valence-corrected chi connectivity index (χ2v) is 4.97. The molecular weight excluding hydrogens is 257 g/mol. The molecule has 0 fully saturated rings. The van der Waals surface area contributed by atoms with Crippen LogP contribution >= 0.6 is 0 Å². The molecule has 0 radical (unpaired) electrons. The molecule has 2 aromatic rings. The van der Waals surface area contributed by atoms with Gasteiger partial charge in [0, 0.05) is 18.9 Å². The van der Waals surface area contributed by atoms with Crippen LogP contribution in [-0.4, -0.2) is 22.7 Å². The van der Waals surface area contributed by atoms with E-state index in [-0.39, 0.29) is 5.82 Å². The molecule has 1 aromatic carbocycles. The zero-order valence-corrected chi connectivity index (χ0v) is 11.9. The van der Waals surface area contributed by atoms with E-state index in [1.54, 1.807) is 6.07 Å². The Hall–Kier alpha value is -1.75. The smallest absolute Gasteiger partial charge is 0.228 e. The minimum Gasteiger partial charge on any atom is -0.339 e. The zero-order valence-electron chi connectivity index (χ0n) is 11.9. The number of hydrogen-bond acceptors (Lipinski definition) is 4. The molecule has 0 bridgehead atoms. The van der Waals surface area contributed by atoms with Gasteiger partial charge < -0.3 is 9.84 Å². The summed E-state index contributed by atoms with van der Waals surface area (Å²) in [6, 6.07) is 6.75. The monoisotopic (exact) mass is 277 g/mol. The van der Waals surface area contributed by atoms with Crippen molar-refractivity contribution in [3.63, 3.8) is 0 Å². The van der Waals surface area contributed by atoms with Crippen molar-refractivity contribution in [2.45, 2.75) is 39.2 Å². The highest BCUT2D eigenvalue weighted by Gasteiger charge is 2.11. The van der Waals surface area contributed by atoms with Gasteiger partial charge in [-0.25, -0.2) is 4.39 Å². The van der Waals surface area contributed by atoms with Crippen LogP contribution in [0.25, 0.3) is 0 Å². The van der Waals surface area contributed by atoms with Gasteiger partial charge >= 0.3 is 0 Å². The number of rotatable bonds is 7. The van der Waals surface area contributed by atoms with Crippen molar-refractivity contribution in [2.75, 3.05) is 6.54 Å². The van der Waals surface area contributed by atoms with Gasteiger partial charge in [0.15, 0.2) is 5.82 Å². The molecule has 0 amide bonds. The van der Waals surface area contributed by atoms with Crippen molar-refractivity contribution in [1.82, 2.24) is 15.5 Å². The van der Waals surface area contributed by atoms with Crippen LogP contribution in [0, 0.1) is 5.82 Å². The molecule has 4 nitrogen and oxygen atoms in total. The lowest BCUT2D eigenvalue weighted by atomic mass is 10.1. The summed E-state index contributed by atoms with van der Waals surface area (Å²) in [5.74, 6) is 0.962. The van der Waals surface area contributed by atoms with Gasteiger partial charge in [-0.05, 0) is 37.6 Å². The van der Waals surface area contributed by atoms with Gasteiger partial charge in [-0.2, -0.15) is 4.98 Å². The number of hydrogen-bond donors (Lipinski definition) is 1. The summed E-state index contributed by atoms with van der Waals surface area (Å²) in [7, 11) is 0. The standard InChI is InChI=1S/C15H20FN3O/c1-3-7-17-11(2)8-15-18-14(19-20-15)10-12-5-4-6-13(16)9-12/h4-6,9,11,17H,3,7-8,10H2,1-2H3. The average Bonchev–Trinajstić information content (AvgIpc) is 2.83. The van der Waals surface area contributed by atoms with E-state index < -0.39 is 0 Å². The van der Waals surface area contributed by atoms with E-state index in [0.717, 1.165) is 18.5 Å². The second-order valence-electron chi connectivity index (χ2n) is 4.97. The summed E-state index contributed by atoms with van der Waals surface area (Å²) in [5, 5.41) is 7.31. The highest BCUT2D eigenvalue weighted by Crippen LogP contribution is 2.09. The Labute approximate surface area is 118 Å². The van der Waals surface area contributed by atoms with Crippen LogP contribution in [0.15, 0.2) is 28.8 Å². The van der Waals surface area contributed by atoms with Crippen LogP contribution in [0.3, 0.4) is 0 Å². The second kappa shape index (κ2) is 7.14. The zero-order chi connectivity index (χ0) is 14.4. The first-order valence-corrected chi connectivity index (χ1v) is 6.96. The SMILES string of the molecule is CCCNC(C)Cc1nc(Cc2cccc(F)c2)no1. The fourth-order valence-electron chi connectivity index (χ4n) is 2.00. The maximum absolute atomic E-state index is 13.1. The van der Waals surface area contributed by atoms with E-state index in [9.17, 15) is 4.39 Å². The molecule has 1 N–H and O–H groups in total. The van der Waals surface area contributed by atoms with E-state index in [0.29, 0.717) is 30.6 Å². The first kappa shape index (κ1) is 14.7. The van der Waals surface area contributed by atoms with Crippen molar-refractivity contribution in [3.05, 3.63) is 47.4 Å². The largest absolute Gasteiger partial charge is 0.339 e. The van der Waals surface area contributed by atoms with Crippen molar-refractivity contribution >= 4 is 0 Å². The van der Waals surface area contributed by atoms with Crippen molar-refractivity contribution in [1.29, 1.82) is 0 Å². The summed E-state index contributed by atoms with van der Waals surface area (Å²) in [4.78, 5) is 4.34. The van der Waals surface area contributed by atoms with Gasteiger partial charge in [0.1, 0.15) is 5.82 Å². The molecule has 0 saturated heterocycles. The highest BCUT2D eigenvalue weighted by atomic mass is 19.1. The fraction of sp³-hybridized carbons (Fsp3) is 0.467. The van der Waals surface area contributed by atoms with Crippen molar-refractivity contribution in [3.8, 4) is 0 Å². The molecule has 1 atom stereocenters. The Morgan fingerprint density at radius 2 is 2.25 bits per heavy atom. The lowest BCUT2D eigenvalue weighted by Gasteiger charge is -2.09. The summed E-state index contributed by atoms with van der Waals surface area (Å²) in [6.45, 7) is 5.20. The molecule has 2 rings (SSSR count). The molecule has 0 aliphatic carbocycles. The average molecular weight is 277 g/mol. The Morgan fingerprint density at radius 1 is 1.40 bits per heavy atom. The normalized spacial score (nSPS) is 12.6. The summed E-state index contributed by atoms with van der Waals surface area (Å²) < 4.78 is 18.3. The van der Waals surface area contributed by atoms with Crippen LogP contribution < -0.4 is 5.32 Å². The molecule has 108 valence electrons. The molecule has 1 aromatic heterocycles. The van der Waals surface area contributed by atoms with Crippen LogP contribution in [0.5, 0.6) is 0 Å². The molecule has 1 heterocycles. The lowest BCUT2D eigenvalue weighted by molar-refractivity contribution is 0.358. The van der Waals surface area contributed by atoms with Crippen molar-refractivity contribution in [2.24, 2.45) is 0 Å². The predicted molar refractivity (Wildman–Crippen MR) is 75.0 cm³/mol. The summed E-state index contributed by atoms with van der Waals surface area (Å²) in [5.41, 5.74) is 0.842. The summed E-state index contributed by atoms with van der Waals surface area (Å²) in [6.07, 6.45) is 2.28. The topological polar surface area (TPSA) is 51.0 Å². The third-order valence-corrected chi connectivity index (χ3v) is 2.99. The van der Waals surface area contributed by atoms with Crippen LogP contribution in [0.2, 0.25) is 0 Å². The molecule has 1 unspecified atom stereocenters. The van der Waals surface area contributed by atoms with Gasteiger partial charge in [-0.3, -0.25) is 0 Å². The molecule has 0 aliphatic rings. The predicted octanol–water partition coefficient (Wildman–Crippen LogP) is 2.73. The Bertz CT molecular complexity index is 541. The van der Waals surface area contributed by atoms with Gasteiger partial charge in [0.05, 0.1) is 0 Å². The fourth-order valence-corrected chi connectivity index (χ4v) is 2.00. The highest BCUT2D eigenvalue weighted by molar-refractivity contribution is 5.19. The Morgan fingerprint density at radius 3 is 3.00 bits per heavy atom. The van der Waals surface area contributed by atoms with Crippen molar-refractivity contribution < 1.29 is 8.91 Å². The number of benzene rings is 1. The van der Waals surface area contributed by atoms with Gasteiger partial charge in [-0.15, -0.1) is 0 Å². The number of nitrogens with one attached hydrogen (secondary N) is 1. The summed E-state index contributed by atoms with van der Waals surface area (Å²) >= 11 is 0. The third kappa shape index (κ3) is 4.42. The maximum atomic E-state index is 13.1. The van der Waals surface area contributed by atoms with Crippen LogP contribution in [-0.2, 0) is 12.8 Å². The Balaban J connectivity index is 1.92. The van der Waals surface area contributed by atoms with Gasteiger partial charge in [0.25, 0.3) is 0 Å². The first-order chi connectivity index (χ1) is 9.67. The number of nitrogens with zero attached hydrogens (tertiary/aromatic N) is 2. The van der Waals surface area contributed by atoms with Gasteiger partial charge in [0.2, 0.25) is 5.89 Å². The molecule has 0 saturated carbocycles. The minimum atomic E-state index is -0.247. The lowest BCUT2D eigenvalue weighted by Crippen LogP contribution is -2.28. The number of aromatic nitrogens is 2. The minimum absolute atomic E-state index is 0.247. The van der Waals surface area contributed by atoms with Gasteiger partial charge in [-0.1, -0.05) is 24.2 Å². The van der Waals surface area contributed by atoms with Crippen LogP contribution in [0.4, 0.5) is 4.39 Å². The molecular formula is C15H20FN3O. The first-order valence-electron chi connectivity index (χ1n) is 6.96. The van der Waals surface area contributed by atoms with E-state index in [2.05, 4.69) is 29.3 Å². The molecule has 0 spiro atoms. The molecule has 5 heteroatoms.